The van der Waals surface area contributed by atoms with E-state index in [4.69, 9.17) is 4.74 Å². The molecule has 0 unspecified atom stereocenters. The molecule has 3 aromatic rings. The van der Waals surface area contributed by atoms with Crippen molar-refractivity contribution in [2.45, 2.75) is 23.8 Å². The van der Waals surface area contributed by atoms with E-state index < -0.39 is 17.7 Å². The van der Waals surface area contributed by atoms with E-state index in [1.54, 1.807) is 19.1 Å². The zero-order chi connectivity index (χ0) is 22.0. The van der Waals surface area contributed by atoms with Crippen molar-refractivity contribution in [3.8, 4) is 0 Å². The zero-order valence-electron chi connectivity index (χ0n) is 16.9. The van der Waals surface area contributed by atoms with Crippen LogP contribution in [0.25, 0.3) is 0 Å². The number of halogens is 1. The van der Waals surface area contributed by atoms with Crippen molar-refractivity contribution < 1.29 is 13.9 Å². The van der Waals surface area contributed by atoms with Crippen LogP contribution < -0.4 is 10.9 Å². The number of nitrogens with one attached hydrogen (secondary N) is 2. The van der Waals surface area contributed by atoms with Crippen LogP contribution in [-0.2, 0) is 15.3 Å². The van der Waals surface area contributed by atoms with E-state index in [2.05, 4.69) is 15.3 Å². The Morgan fingerprint density at radius 1 is 1.16 bits per heavy atom. The zero-order valence-corrected chi connectivity index (χ0v) is 17.8. The highest BCUT2D eigenvalue weighted by atomic mass is 32.2. The van der Waals surface area contributed by atoms with Crippen molar-refractivity contribution in [3.63, 3.8) is 0 Å². The molecule has 6 nitrogen and oxygen atoms in total. The van der Waals surface area contributed by atoms with Gasteiger partial charge in [0, 0.05) is 11.4 Å². The van der Waals surface area contributed by atoms with Crippen molar-refractivity contribution in [1.82, 2.24) is 9.97 Å². The van der Waals surface area contributed by atoms with Crippen LogP contribution in [0.5, 0.6) is 0 Å². The van der Waals surface area contributed by atoms with Crippen LogP contribution in [0, 0.1) is 5.82 Å². The number of anilines is 1. The molecule has 8 heteroatoms. The van der Waals surface area contributed by atoms with E-state index in [-0.39, 0.29) is 5.56 Å². The molecule has 0 saturated carbocycles. The van der Waals surface area contributed by atoms with Crippen LogP contribution in [0.1, 0.15) is 29.5 Å². The van der Waals surface area contributed by atoms with Crippen LogP contribution in [0.2, 0.25) is 0 Å². The number of hydrogen-bond acceptors (Lipinski definition) is 6. The van der Waals surface area contributed by atoms with Gasteiger partial charge in [0.05, 0.1) is 24.2 Å². The summed E-state index contributed by atoms with van der Waals surface area (Å²) in [5, 5.41) is 3.54. The summed E-state index contributed by atoms with van der Waals surface area (Å²) >= 11 is 1.41. The second kappa shape index (κ2) is 8.77. The van der Waals surface area contributed by atoms with E-state index in [1.165, 1.54) is 31.0 Å². The van der Waals surface area contributed by atoms with Gasteiger partial charge < -0.3 is 15.0 Å². The number of carbonyl (C=O) groups is 1. The number of H-pyrrole nitrogens is 1. The Kier molecular flexibility index (Phi) is 5.90. The summed E-state index contributed by atoms with van der Waals surface area (Å²) in [5.74, 6) is -0.677. The lowest BCUT2D eigenvalue weighted by molar-refractivity contribution is -0.136. The van der Waals surface area contributed by atoms with Gasteiger partial charge in [-0.3, -0.25) is 4.79 Å². The number of nitrogens with zero attached hydrogens (tertiary/aromatic N) is 1. The normalized spacial score (nSPS) is 15.3. The molecule has 31 heavy (non-hydrogen) atoms. The quantitative estimate of drug-likeness (QED) is 0.354. The van der Waals surface area contributed by atoms with Crippen molar-refractivity contribution >= 4 is 23.5 Å². The summed E-state index contributed by atoms with van der Waals surface area (Å²) in [6, 6.07) is 15.6. The number of benzene rings is 2. The van der Waals surface area contributed by atoms with Gasteiger partial charge in [0.25, 0.3) is 5.56 Å². The number of fused-ring (bicyclic) bond motifs is 1. The average molecular weight is 437 g/mol. The molecule has 2 N–H and O–H groups in total. The fourth-order valence-electron chi connectivity index (χ4n) is 3.59. The molecular weight excluding hydrogens is 417 g/mol. The van der Waals surface area contributed by atoms with Crippen LogP contribution in [0.15, 0.2) is 75.8 Å². The molecule has 2 aromatic carbocycles. The van der Waals surface area contributed by atoms with Gasteiger partial charge in [-0.05, 0) is 30.2 Å². The lowest BCUT2D eigenvalue weighted by atomic mass is 9.82. The van der Waals surface area contributed by atoms with Gasteiger partial charge in [0.15, 0.2) is 5.16 Å². The molecule has 0 amide bonds. The molecule has 1 aliphatic rings. The number of carbonyl (C=O) groups excluding carboxylic acids is 1. The maximum absolute atomic E-state index is 13.5. The average Bonchev–Trinajstić information content (AvgIpc) is 2.77. The molecule has 0 aliphatic carbocycles. The molecule has 1 atom stereocenters. The summed E-state index contributed by atoms with van der Waals surface area (Å²) in [6.45, 7) is 1.73. The number of aromatic amines is 1. The molecule has 1 aliphatic heterocycles. The predicted molar refractivity (Wildman–Crippen MR) is 117 cm³/mol. The van der Waals surface area contributed by atoms with E-state index >= 15 is 0 Å². The Bertz CT molecular complexity index is 1210. The Balaban J connectivity index is 1.77. The molecule has 2 heterocycles. The van der Waals surface area contributed by atoms with E-state index in [0.29, 0.717) is 39.1 Å². The number of methoxy groups -OCH3 is 1. The largest absolute Gasteiger partial charge is 0.466 e. The molecule has 0 saturated heterocycles. The first-order valence-electron chi connectivity index (χ1n) is 9.60. The van der Waals surface area contributed by atoms with Crippen molar-refractivity contribution in [1.29, 1.82) is 0 Å². The summed E-state index contributed by atoms with van der Waals surface area (Å²) in [7, 11) is 1.28. The highest BCUT2D eigenvalue weighted by Crippen LogP contribution is 2.40. The van der Waals surface area contributed by atoms with Crippen molar-refractivity contribution in [3.05, 3.63) is 98.7 Å². The Hall–Kier alpha value is -3.39. The van der Waals surface area contributed by atoms with Crippen LogP contribution >= 0.6 is 11.8 Å². The fraction of sp³-hybridized carbons (Fsp3) is 0.174. The van der Waals surface area contributed by atoms with Crippen LogP contribution in [0.3, 0.4) is 0 Å². The number of esters is 1. The van der Waals surface area contributed by atoms with E-state index in [0.717, 1.165) is 5.56 Å². The molecule has 0 bridgehead atoms. The summed E-state index contributed by atoms with van der Waals surface area (Å²) in [6.07, 6.45) is 0. The summed E-state index contributed by atoms with van der Waals surface area (Å²) in [5.41, 5.74) is 2.46. The first-order valence-corrected chi connectivity index (χ1v) is 10.6. The second-order valence-electron chi connectivity index (χ2n) is 7.05. The van der Waals surface area contributed by atoms with Crippen molar-refractivity contribution in [2.24, 2.45) is 0 Å². The monoisotopic (exact) mass is 437 g/mol. The Labute approximate surface area is 182 Å². The lowest BCUT2D eigenvalue weighted by Crippen LogP contribution is -2.31. The number of hydrogen-bond donors (Lipinski definition) is 2. The molecule has 0 fully saturated rings. The molecule has 0 spiro atoms. The minimum Gasteiger partial charge on any atom is -0.466 e. The second-order valence-corrected chi connectivity index (χ2v) is 8.01. The van der Waals surface area contributed by atoms with Gasteiger partial charge in [-0.15, -0.1) is 0 Å². The van der Waals surface area contributed by atoms with Crippen LogP contribution in [-0.4, -0.2) is 23.0 Å². The number of rotatable bonds is 5. The lowest BCUT2D eigenvalue weighted by Gasteiger charge is -2.28. The third-order valence-electron chi connectivity index (χ3n) is 5.05. The maximum atomic E-state index is 13.5. The number of allylic oxidation sites excluding steroid dienone is 1. The molecule has 158 valence electrons. The van der Waals surface area contributed by atoms with Gasteiger partial charge in [-0.2, -0.15) is 0 Å². The SMILES string of the molecule is COC(=O)C1=C(C)Nc2nc(SCc3ccccc3)[nH]c(=O)c2[C@H]1c1ccc(F)cc1. The van der Waals surface area contributed by atoms with Gasteiger partial charge in [-0.25, -0.2) is 14.2 Å². The van der Waals surface area contributed by atoms with Gasteiger partial charge in [0.2, 0.25) is 0 Å². The topological polar surface area (TPSA) is 84.1 Å². The Morgan fingerprint density at radius 2 is 1.87 bits per heavy atom. The molecular formula is C23H20FN3O3S. The highest BCUT2D eigenvalue weighted by Gasteiger charge is 2.36. The predicted octanol–water partition coefficient (Wildman–Crippen LogP) is 4.21. The Morgan fingerprint density at radius 3 is 2.55 bits per heavy atom. The number of thioether (sulfide) groups is 1. The third-order valence-corrected chi connectivity index (χ3v) is 5.99. The number of aromatic nitrogens is 2. The highest BCUT2D eigenvalue weighted by molar-refractivity contribution is 7.98. The minimum absolute atomic E-state index is 0.290. The standard InChI is InChI=1S/C23H20FN3O3S/c1-13-17(22(29)30-2)18(15-8-10-16(24)11-9-15)19-20(25-13)26-23(27-21(19)28)31-12-14-6-4-3-5-7-14/h3-11,18H,12H2,1-2H3,(H2,25,26,27,28)/t18-/m0/s1. The van der Waals surface area contributed by atoms with Gasteiger partial charge >= 0.3 is 5.97 Å². The van der Waals surface area contributed by atoms with Gasteiger partial charge in [0.1, 0.15) is 11.6 Å². The number of ether oxygens (including phenoxy) is 1. The molecule has 1 aromatic heterocycles. The third kappa shape index (κ3) is 4.25. The van der Waals surface area contributed by atoms with E-state index in [1.807, 2.05) is 30.3 Å². The van der Waals surface area contributed by atoms with Gasteiger partial charge in [-0.1, -0.05) is 54.2 Å². The van der Waals surface area contributed by atoms with Crippen LogP contribution in [0.4, 0.5) is 10.2 Å². The summed E-state index contributed by atoms with van der Waals surface area (Å²) < 4.78 is 18.5. The minimum atomic E-state index is -0.728. The molecule has 4 rings (SSSR count). The smallest absolute Gasteiger partial charge is 0.336 e. The first kappa shape index (κ1) is 20.9. The first-order chi connectivity index (χ1) is 15.0. The molecule has 0 radical (unpaired) electrons. The summed E-state index contributed by atoms with van der Waals surface area (Å²) in [4.78, 5) is 33.1. The van der Waals surface area contributed by atoms with E-state index in [9.17, 15) is 14.0 Å². The van der Waals surface area contributed by atoms with Crippen molar-refractivity contribution in [2.75, 3.05) is 12.4 Å². The maximum Gasteiger partial charge on any atom is 0.336 e. The fourth-order valence-corrected chi connectivity index (χ4v) is 4.41.